The van der Waals surface area contributed by atoms with Gasteiger partial charge in [-0.25, -0.2) is 0 Å². The Labute approximate surface area is 178 Å². The van der Waals surface area contributed by atoms with Crippen molar-refractivity contribution in [3.8, 4) is 11.5 Å². The maximum Gasteiger partial charge on any atom is 0.293 e. The molecule has 0 radical (unpaired) electrons. The number of benzene rings is 2. The van der Waals surface area contributed by atoms with Crippen LogP contribution in [0.2, 0.25) is 0 Å². The highest BCUT2D eigenvalue weighted by molar-refractivity contribution is 8.18. The minimum atomic E-state index is -0.330. The van der Waals surface area contributed by atoms with Crippen LogP contribution < -0.4 is 14.8 Å². The quantitative estimate of drug-likeness (QED) is 0.687. The molecule has 0 spiro atoms. The Bertz CT molecular complexity index is 1010. The van der Waals surface area contributed by atoms with Crippen LogP contribution in [0, 0.1) is 0 Å². The highest BCUT2D eigenvalue weighted by Gasteiger charge is 2.34. The molecule has 2 aromatic rings. The van der Waals surface area contributed by atoms with E-state index in [2.05, 4.69) is 5.32 Å². The zero-order chi connectivity index (χ0) is 20.9. The van der Waals surface area contributed by atoms with Crippen LogP contribution in [0.15, 0.2) is 53.4 Å². The molecule has 0 aliphatic carbocycles. The molecule has 4 rings (SSSR count). The van der Waals surface area contributed by atoms with E-state index in [0.29, 0.717) is 29.2 Å². The fourth-order valence-corrected chi connectivity index (χ4v) is 4.01. The number of rotatable bonds is 7. The van der Waals surface area contributed by atoms with Crippen molar-refractivity contribution in [2.45, 2.75) is 12.8 Å². The zero-order valence-corrected chi connectivity index (χ0v) is 16.9. The smallest absolute Gasteiger partial charge is 0.293 e. The number of carbonyl (C=O) groups is 3. The average molecular weight is 424 g/mol. The van der Waals surface area contributed by atoms with Crippen molar-refractivity contribution in [2.24, 2.45) is 0 Å². The number of nitrogens with zero attached hydrogens (tertiary/aromatic N) is 1. The molecule has 0 atom stereocenters. The van der Waals surface area contributed by atoms with Crippen molar-refractivity contribution in [1.82, 2.24) is 10.2 Å². The molecule has 3 amide bonds. The maximum atomic E-state index is 12.5. The van der Waals surface area contributed by atoms with Gasteiger partial charge in [0.1, 0.15) is 0 Å². The summed E-state index contributed by atoms with van der Waals surface area (Å²) in [5.41, 5.74) is 1.84. The largest absolute Gasteiger partial charge is 0.454 e. The number of aryl methyl sites for hydroxylation is 1. The molecule has 0 aromatic heterocycles. The lowest BCUT2D eigenvalue weighted by molar-refractivity contribution is -0.124. The second-order valence-electron chi connectivity index (χ2n) is 6.78. The van der Waals surface area contributed by atoms with Gasteiger partial charge in [0.15, 0.2) is 11.5 Å². The third kappa shape index (κ3) is 4.65. The number of thioether (sulfide) groups is 1. The van der Waals surface area contributed by atoms with Crippen molar-refractivity contribution in [1.29, 1.82) is 0 Å². The van der Waals surface area contributed by atoms with Gasteiger partial charge in [0.05, 0.1) is 4.91 Å². The number of amides is 3. The second-order valence-corrected chi connectivity index (χ2v) is 7.77. The summed E-state index contributed by atoms with van der Waals surface area (Å²) in [5.74, 6) is 0.931. The molecule has 30 heavy (non-hydrogen) atoms. The summed E-state index contributed by atoms with van der Waals surface area (Å²) in [7, 11) is 0. The third-order valence-corrected chi connectivity index (χ3v) is 5.61. The van der Waals surface area contributed by atoms with Gasteiger partial charge in [0, 0.05) is 19.5 Å². The van der Waals surface area contributed by atoms with Crippen LogP contribution in [-0.4, -0.2) is 41.8 Å². The van der Waals surface area contributed by atoms with E-state index < -0.39 is 0 Å². The molecule has 2 aliphatic rings. The minimum absolute atomic E-state index is 0.139. The highest BCUT2D eigenvalue weighted by Crippen LogP contribution is 2.33. The molecular weight excluding hydrogens is 404 g/mol. The van der Waals surface area contributed by atoms with E-state index in [-0.39, 0.29) is 36.9 Å². The van der Waals surface area contributed by atoms with Gasteiger partial charge in [-0.2, -0.15) is 0 Å². The molecule has 1 N–H and O–H groups in total. The van der Waals surface area contributed by atoms with Gasteiger partial charge in [0.2, 0.25) is 12.7 Å². The van der Waals surface area contributed by atoms with E-state index in [1.807, 2.05) is 48.5 Å². The normalized spacial score (nSPS) is 16.4. The van der Waals surface area contributed by atoms with Gasteiger partial charge >= 0.3 is 0 Å². The first-order chi connectivity index (χ1) is 14.6. The summed E-state index contributed by atoms with van der Waals surface area (Å²) in [6.07, 6.45) is 2.56. The van der Waals surface area contributed by atoms with E-state index >= 15 is 0 Å². The fraction of sp³-hybridized carbons (Fsp3) is 0.227. The maximum absolute atomic E-state index is 12.5. The van der Waals surface area contributed by atoms with Crippen LogP contribution in [0.4, 0.5) is 4.79 Å². The number of nitrogens with one attached hydrogen (secondary N) is 1. The SMILES string of the molecule is O=C(CCc1ccc2c(c1)OCO2)NCCN1C(=O)SC(=Cc2ccccc2)C1=O. The van der Waals surface area contributed by atoms with E-state index in [0.717, 1.165) is 27.8 Å². The molecule has 0 bridgehead atoms. The standard InChI is InChI=1S/C22H20N2O5S/c25-20(9-7-16-6-8-17-18(12-16)29-14-28-17)23-10-11-24-21(26)19(30-22(24)27)13-15-4-2-1-3-5-15/h1-6,8,12-13H,7,9-11,14H2,(H,23,25). The first-order valence-electron chi connectivity index (χ1n) is 9.56. The summed E-state index contributed by atoms with van der Waals surface area (Å²) < 4.78 is 10.6. The summed E-state index contributed by atoms with van der Waals surface area (Å²) in [4.78, 5) is 38.3. The zero-order valence-electron chi connectivity index (χ0n) is 16.1. The van der Waals surface area contributed by atoms with Crippen molar-refractivity contribution in [2.75, 3.05) is 19.9 Å². The van der Waals surface area contributed by atoms with E-state index in [9.17, 15) is 14.4 Å². The van der Waals surface area contributed by atoms with Crippen molar-refractivity contribution < 1.29 is 23.9 Å². The molecule has 2 aliphatic heterocycles. The molecule has 154 valence electrons. The average Bonchev–Trinajstić information content (AvgIpc) is 3.32. The Hall–Kier alpha value is -3.26. The Morgan fingerprint density at radius 3 is 2.73 bits per heavy atom. The van der Waals surface area contributed by atoms with Crippen molar-refractivity contribution in [3.05, 3.63) is 64.6 Å². The van der Waals surface area contributed by atoms with Gasteiger partial charge in [-0.05, 0) is 47.5 Å². The third-order valence-electron chi connectivity index (χ3n) is 4.71. The molecule has 8 heteroatoms. The number of carbonyl (C=O) groups excluding carboxylic acids is 3. The minimum Gasteiger partial charge on any atom is -0.454 e. The van der Waals surface area contributed by atoms with Gasteiger partial charge in [-0.3, -0.25) is 19.3 Å². The summed E-state index contributed by atoms with van der Waals surface area (Å²) in [6.45, 7) is 0.580. The van der Waals surface area contributed by atoms with Crippen LogP contribution in [0.5, 0.6) is 11.5 Å². The van der Waals surface area contributed by atoms with Crippen LogP contribution >= 0.6 is 11.8 Å². The lowest BCUT2D eigenvalue weighted by atomic mass is 10.1. The van der Waals surface area contributed by atoms with Crippen molar-refractivity contribution >= 4 is 34.9 Å². The van der Waals surface area contributed by atoms with Crippen LogP contribution in [0.25, 0.3) is 6.08 Å². The van der Waals surface area contributed by atoms with E-state index in [1.165, 1.54) is 0 Å². The molecule has 7 nitrogen and oxygen atoms in total. The van der Waals surface area contributed by atoms with Gasteiger partial charge < -0.3 is 14.8 Å². The summed E-state index contributed by atoms with van der Waals surface area (Å²) >= 11 is 0.916. The van der Waals surface area contributed by atoms with Gasteiger partial charge in [0.25, 0.3) is 11.1 Å². The van der Waals surface area contributed by atoms with Gasteiger partial charge in [-0.15, -0.1) is 0 Å². The monoisotopic (exact) mass is 424 g/mol. The second kappa shape index (κ2) is 9.04. The number of hydrogen-bond donors (Lipinski definition) is 1. The fourth-order valence-electron chi connectivity index (χ4n) is 3.14. The predicted octanol–water partition coefficient (Wildman–Crippen LogP) is 3.20. The highest BCUT2D eigenvalue weighted by atomic mass is 32.2. The number of imide groups is 1. The number of ether oxygens (including phenoxy) is 2. The first kappa shape index (κ1) is 20.0. The van der Waals surface area contributed by atoms with E-state index in [1.54, 1.807) is 6.08 Å². The summed E-state index contributed by atoms with van der Waals surface area (Å²) in [6, 6.07) is 15.0. The molecule has 0 unspecified atom stereocenters. The first-order valence-corrected chi connectivity index (χ1v) is 10.4. The van der Waals surface area contributed by atoms with Gasteiger partial charge in [-0.1, -0.05) is 36.4 Å². The lowest BCUT2D eigenvalue weighted by Crippen LogP contribution is -2.37. The lowest BCUT2D eigenvalue weighted by Gasteiger charge is -2.13. The van der Waals surface area contributed by atoms with E-state index in [4.69, 9.17) is 9.47 Å². The predicted molar refractivity (Wildman–Crippen MR) is 113 cm³/mol. The summed E-state index contributed by atoms with van der Waals surface area (Å²) in [5, 5.41) is 2.45. The molecule has 1 fully saturated rings. The Kier molecular flexibility index (Phi) is 6.04. The molecule has 2 aromatic carbocycles. The molecular formula is C22H20N2O5S. The van der Waals surface area contributed by atoms with Crippen LogP contribution in [-0.2, 0) is 16.0 Å². The Morgan fingerprint density at radius 1 is 1.10 bits per heavy atom. The number of fused-ring (bicyclic) bond motifs is 1. The van der Waals surface area contributed by atoms with Crippen molar-refractivity contribution in [3.63, 3.8) is 0 Å². The molecule has 2 heterocycles. The Morgan fingerprint density at radius 2 is 1.90 bits per heavy atom. The topological polar surface area (TPSA) is 84.9 Å². The number of hydrogen-bond acceptors (Lipinski definition) is 6. The molecule has 1 saturated heterocycles. The van der Waals surface area contributed by atoms with Crippen LogP contribution in [0.3, 0.4) is 0 Å². The molecule has 0 saturated carbocycles. The Balaban J connectivity index is 1.24. The van der Waals surface area contributed by atoms with Crippen LogP contribution in [0.1, 0.15) is 17.5 Å².